The molecule has 4 rings (SSSR count). The summed E-state index contributed by atoms with van der Waals surface area (Å²) in [6.45, 7) is 0.186. The van der Waals surface area contributed by atoms with Gasteiger partial charge in [0.1, 0.15) is 5.75 Å². The van der Waals surface area contributed by atoms with Gasteiger partial charge in [0, 0.05) is 6.54 Å². The minimum atomic E-state index is -0.486. The second-order valence-corrected chi connectivity index (χ2v) is 5.78. The third kappa shape index (κ3) is 3.00. The Labute approximate surface area is 147 Å². The van der Waals surface area contributed by atoms with Gasteiger partial charge < -0.3 is 20.4 Å². The number of amides is 2. The van der Waals surface area contributed by atoms with Gasteiger partial charge in [-0.25, -0.2) is 4.98 Å². The molecule has 0 atom stereocenters. The molecule has 2 aromatic carbocycles. The van der Waals surface area contributed by atoms with Crippen LogP contribution in [0.2, 0.25) is 0 Å². The molecule has 26 heavy (non-hydrogen) atoms. The van der Waals surface area contributed by atoms with Crippen LogP contribution in [0.1, 0.15) is 16.2 Å². The molecule has 0 aliphatic carbocycles. The number of ether oxygens (including phenoxy) is 1. The average Bonchev–Trinajstić information content (AvgIpc) is 2.66. The molecule has 1 aliphatic heterocycles. The highest BCUT2D eigenvalue weighted by molar-refractivity contribution is 5.95. The van der Waals surface area contributed by atoms with Crippen LogP contribution in [0.25, 0.3) is 10.9 Å². The minimum Gasteiger partial charge on any atom is -0.482 e. The van der Waals surface area contributed by atoms with Crippen molar-refractivity contribution in [1.82, 2.24) is 15.3 Å². The Hall–Kier alpha value is -3.68. The number of carbonyl (C=O) groups is 2. The van der Waals surface area contributed by atoms with E-state index < -0.39 is 5.91 Å². The molecular weight excluding hydrogens is 336 g/mol. The molecule has 0 radical (unpaired) electrons. The van der Waals surface area contributed by atoms with Crippen molar-refractivity contribution >= 4 is 28.4 Å². The van der Waals surface area contributed by atoms with Gasteiger partial charge in [-0.2, -0.15) is 0 Å². The van der Waals surface area contributed by atoms with E-state index in [1.165, 1.54) is 0 Å². The lowest BCUT2D eigenvalue weighted by atomic mass is 10.1. The van der Waals surface area contributed by atoms with E-state index in [0.717, 1.165) is 5.56 Å². The van der Waals surface area contributed by atoms with E-state index in [0.29, 0.717) is 22.3 Å². The summed E-state index contributed by atoms with van der Waals surface area (Å²) in [4.78, 5) is 42.3. The molecule has 130 valence electrons. The number of hydrogen-bond acceptors (Lipinski definition) is 5. The highest BCUT2D eigenvalue weighted by Crippen LogP contribution is 2.28. The van der Waals surface area contributed by atoms with Crippen molar-refractivity contribution in [2.45, 2.75) is 6.54 Å². The van der Waals surface area contributed by atoms with Crippen molar-refractivity contribution in [3.05, 3.63) is 64.2 Å². The Kier molecular flexibility index (Phi) is 3.85. The summed E-state index contributed by atoms with van der Waals surface area (Å²) >= 11 is 0. The average molecular weight is 350 g/mol. The summed E-state index contributed by atoms with van der Waals surface area (Å²) in [5.74, 6) is -0.187. The number of benzene rings is 2. The van der Waals surface area contributed by atoms with E-state index in [9.17, 15) is 14.4 Å². The van der Waals surface area contributed by atoms with Crippen LogP contribution in [-0.2, 0) is 11.3 Å². The van der Waals surface area contributed by atoms with Crippen molar-refractivity contribution in [2.75, 3.05) is 11.9 Å². The number of nitrogens with zero attached hydrogens (tertiary/aromatic N) is 1. The molecule has 8 heteroatoms. The van der Waals surface area contributed by atoms with Gasteiger partial charge in [0.2, 0.25) is 0 Å². The van der Waals surface area contributed by atoms with Gasteiger partial charge in [-0.3, -0.25) is 14.4 Å². The largest absolute Gasteiger partial charge is 0.482 e. The SMILES string of the molecule is O=C1COc2cc(CNC(=O)c3nc4ccccc4c(=O)[nH]3)ccc2N1. The topological polar surface area (TPSA) is 113 Å². The first-order valence-corrected chi connectivity index (χ1v) is 7.93. The molecule has 0 fully saturated rings. The summed E-state index contributed by atoms with van der Waals surface area (Å²) in [5.41, 5.74) is 1.48. The smallest absolute Gasteiger partial charge is 0.287 e. The lowest BCUT2D eigenvalue weighted by Crippen LogP contribution is -2.28. The van der Waals surface area contributed by atoms with Gasteiger partial charge in [-0.05, 0) is 29.8 Å². The summed E-state index contributed by atoms with van der Waals surface area (Å²) in [5, 5.41) is 5.84. The van der Waals surface area contributed by atoms with Crippen LogP contribution in [0.15, 0.2) is 47.3 Å². The number of hydrogen-bond donors (Lipinski definition) is 3. The van der Waals surface area contributed by atoms with Crippen molar-refractivity contribution in [2.24, 2.45) is 0 Å². The first-order valence-electron chi connectivity index (χ1n) is 7.93. The molecule has 0 bridgehead atoms. The number of fused-ring (bicyclic) bond motifs is 2. The number of rotatable bonds is 3. The Balaban J connectivity index is 1.51. The zero-order valence-corrected chi connectivity index (χ0v) is 13.5. The minimum absolute atomic E-state index is 0.0366. The molecule has 0 unspecified atom stereocenters. The molecule has 1 aliphatic rings. The molecule has 0 saturated heterocycles. The first kappa shape index (κ1) is 15.8. The van der Waals surface area contributed by atoms with Crippen LogP contribution in [0.4, 0.5) is 5.69 Å². The maximum Gasteiger partial charge on any atom is 0.287 e. The monoisotopic (exact) mass is 350 g/mol. The van der Waals surface area contributed by atoms with Crippen LogP contribution in [0.3, 0.4) is 0 Å². The zero-order valence-electron chi connectivity index (χ0n) is 13.5. The van der Waals surface area contributed by atoms with E-state index >= 15 is 0 Å². The van der Waals surface area contributed by atoms with Gasteiger partial charge in [0.25, 0.3) is 17.4 Å². The van der Waals surface area contributed by atoms with E-state index in [4.69, 9.17) is 4.74 Å². The normalized spacial score (nSPS) is 12.8. The second kappa shape index (κ2) is 6.32. The van der Waals surface area contributed by atoms with Gasteiger partial charge in [-0.1, -0.05) is 18.2 Å². The highest BCUT2D eigenvalue weighted by atomic mass is 16.5. The fraction of sp³-hybridized carbons (Fsp3) is 0.111. The van der Waals surface area contributed by atoms with Crippen LogP contribution in [0.5, 0.6) is 5.75 Å². The number of aromatic amines is 1. The fourth-order valence-corrected chi connectivity index (χ4v) is 2.69. The number of nitrogens with one attached hydrogen (secondary N) is 3. The van der Waals surface area contributed by atoms with E-state index in [2.05, 4.69) is 20.6 Å². The Morgan fingerprint density at radius 3 is 2.92 bits per heavy atom. The molecule has 0 saturated carbocycles. The number of anilines is 1. The van der Waals surface area contributed by atoms with Gasteiger partial charge in [-0.15, -0.1) is 0 Å². The maximum atomic E-state index is 12.3. The number of para-hydroxylation sites is 1. The highest BCUT2D eigenvalue weighted by Gasteiger charge is 2.16. The number of H-pyrrole nitrogens is 1. The fourth-order valence-electron chi connectivity index (χ4n) is 2.69. The number of aromatic nitrogens is 2. The van der Waals surface area contributed by atoms with Crippen LogP contribution >= 0.6 is 0 Å². The lowest BCUT2D eigenvalue weighted by molar-refractivity contribution is -0.118. The van der Waals surface area contributed by atoms with E-state index in [1.54, 1.807) is 42.5 Å². The molecule has 3 aromatic rings. The number of carbonyl (C=O) groups excluding carboxylic acids is 2. The zero-order chi connectivity index (χ0) is 18.1. The Morgan fingerprint density at radius 1 is 1.19 bits per heavy atom. The van der Waals surface area contributed by atoms with Crippen molar-refractivity contribution in [3.63, 3.8) is 0 Å². The van der Waals surface area contributed by atoms with Gasteiger partial charge in [0.05, 0.1) is 16.6 Å². The predicted molar refractivity (Wildman–Crippen MR) is 94.1 cm³/mol. The van der Waals surface area contributed by atoms with Crippen LogP contribution < -0.4 is 20.9 Å². The van der Waals surface area contributed by atoms with Crippen molar-refractivity contribution < 1.29 is 14.3 Å². The Morgan fingerprint density at radius 2 is 2.04 bits per heavy atom. The van der Waals surface area contributed by atoms with Crippen LogP contribution in [0, 0.1) is 0 Å². The standard InChI is InChI=1S/C18H14N4O4/c23-15-9-26-14-7-10(5-6-13(14)20-15)8-19-18(25)16-21-12-4-2-1-3-11(12)17(24)22-16/h1-7H,8-9H2,(H,19,25)(H,20,23)(H,21,22,24). The summed E-state index contributed by atoms with van der Waals surface area (Å²) in [6, 6.07) is 12.0. The molecular formula is C18H14N4O4. The van der Waals surface area contributed by atoms with Crippen molar-refractivity contribution in [3.8, 4) is 5.75 Å². The summed E-state index contributed by atoms with van der Waals surface area (Å²) < 4.78 is 5.35. The van der Waals surface area contributed by atoms with Crippen molar-refractivity contribution in [1.29, 1.82) is 0 Å². The van der Waals surface area contributed by atoms with E-state index in [1.807, 2.05) is 0 Å². The first-order chi connectivity index (χ1) is 12.6. The molecule has 1 aromatic heterocycles. The molecule has 3 N–H and O–H groups in total. The quantitative estimate of drug-likeness (QED) is 0.656. The Bertz CT molecular complexity index is 1090. The second-order valence-electron chi connectivity index (χ2n) is 5.78. The van der Waals surface area contributed by atoms with Crippen LogP contribution in [-0.4, -0.2) is 28.4 Å². The maximum absolute atomic E-state index is 12.3. The lowest BCUT2D eigenvalue weighted by Gasteiger charge is -2.18. The summed E-state index contributed by atoms with van der Waals surface area (Å²) in [7, 11) is 0. The molecule has 2 amide bonds. The molecule has 8 nitrogen and oxygen atoms in total. The molecule has 0 spiro atoms. The van der Waals surface area contributed by atoms with E-state index in [-0.39, 0.29) is 30.4 Å². The van der Waals surface area contributed by atoms with Gasteiger partial charge in [0.15, 0.2) is 12.4 Å². The summed E-state index contributed by atoms with van der Waals surface area (Å²) in [6.07, 6.45) is 0. The predicted octanol–water partition coefficient (Wildman–Crippen LogP) is 1.18. The third-order valence-corrected chi connectivity index (χ3v) is 3.96. The van der Waals surface area contributed by atoms with Gasteiger partial charge >= 0.3 is 0 Å². The molecule has 2 heterocycles. The third-order valence-electron chi connectivity index (χ3n) is 3.96.